The minimum Gasteiger partial charge on any atom is -0.397 e. The van der Waals surface area contributed by atoms with Crippen molar-refractivity contribution in [1.82, 2.24) is 14.8 Å². The fourth-order valence-corrected chi connectivity index (χ4v) is 5.33. The lowest BCUT2D eigenvalue weighted by molar-refractivity contribution is 0.0772. The molecule has 0 aliphatic carbocycles. The van der Waals surface area contributed by atoms with Gasteiger partial charge in [0, 0.05) is 24.5 Å². The second kappa shape index (κ2) is 9.29. The molecule has 5 heteroatoms. The molecule has 166 valence electrons. The first-order valence-electron chi connectivity index (χ1n) is 11.9. The molecular formula is C27H32N4O. The van der Waals surface area contributed by atoms with Crippen molar-refractivity contribution in [2.75, 3.05) is 18.8 Å². The van der Waals surface area contributed by atoms with Gasteiger partial charge in [-0.1, -0.05) is 61.4 Å². The quantitative estimate of drug-likeness (QED) is 0.538. The number of piperidine rings is 1. The van der Waals surface area contributed by atoms with E-state index in [9.17, 15) is 4.79 Å². The average molecular weight is 429 g/mol. The number of fused-ring (bicyclic) bond motifs is 2. The summed E-state index contributed by atoms with van der Waals surface area (Å²) in [5, 5.41) is 0.872. The van der Waals surface area contributed by atoms with Crippen LogP contribution in [0.25, 0.3) is 10.9 Å². The van der Waals surface area contributed by atoms with Crippen LogP contribution >= 0.6 is 0 Å². The molecule has 0 radical (unpaired) electrons. The van der Waals surface area contributed by atoms with Gasteiger partial charge in [-0.15, -0.1) is 0 Å². The molecule has 3 aromatic rings. The molecule has 32 heavy (non-hydrogen) atoms. The first-order valence-corrected chi connectivity index (χ1v) is 11.9. The molecule has 2 aliphatic rings. The zero-order valence-electron chi connectivity index (χ0n) is 18.7. The number of nitrogens with zero attached hydrogens (tertiary/aromatic N) is 3. The Balaban J connectivity index is 1.16. The second-order valence-corrected chi connectivity index (χ2v) is 9.19. The Bertz CT molecular complexity index is 1100. The van der Waals surface area contributed by atoms with E-state index in [1.54, 1.807) is 0 Å². The normalized spacial score (nSPS) is 18.9. The van der Waals surface area contributed by atoms with Gasteiger partial charge in [0.15, 0.2) is 0 Å². The number of anilines is 1. The van der Waals surface area contributed by atoms with Crippen LogP contribution in [0.5, 0.6) is 0 Å². The van der Waals surface area contributed by atoms with Gasteiger partial charge in [-0.05, 0) is 43.9 Å². The number of pyridine rings is 1. The van der Waals surface area contributed by atoms with E-state index in [1.807, 2.05) is 29.2 Å². The SMILES string of the molecule is Nc1c2c(nc3ccccc13)CN(CCCCC1CCCCN1Cc1ccccc1)C2=O. The summed E-state index contributed by atoms with van der Waals surface area (Å²) in [5.41, 5.74) is 10.7. The van der Waals surface area contributed by atoms with Gasteiger partial charge in [0.1, 0.15) is 0 Å². The molecule has 2 aromatic carbocycles. The Morgan fingerprint density at radius 2 is 1.81 bits per heavy atom. The second-order valence-electron chi connectivity index (χ2n) is 9.19. The van der Waals surface area contributed by atoms with E-state index in [2.05, 4.69) is 35.2 Å². The molecule has 5 rings (SSSR count). The molecule has 1 saturated heterocycles. The Morgan fingerprint density at radius 3 is 2.69 bits per heavy atom. The number of nitrogens with two attached hydrogens (primary N) is 1. The highest BCUT2D eigenvalue weighted by atomic mass is 16.2. The molecule has 1 amide bonds. The first kappa shape index (κ1) is 21.0. The highest BCUT2D eigenvalue weighted by Gasteiger charge is 2.31. The van der Waals surface area contributed by atoms with Crippen LogP contribution in [0.3, 0.4) is 0 Å². The van der Waals surface area contributed by atoms with Crippen molar-refractivity contribution in [3.63, 3.8) is 0 Å². The number of rotatable bonds is 7. The third-order valence-corrected chi connectivity index (χ3v) is 7.04. The van der Waals surface area contributed by atoms with Gasteiger partial charge in [-0.2, -0.15) is 0 Å². The maximum absolute atomic E-state index is 13.0. The van der Waals surface area contributed by atoms with Crippen molar-refractivity contribution in [2.45, 2.75) is 57.7 Å². The summed E-state index contributed by atoms with van der Waals surface area (Å²) in [4.78, 5) is 22.3. The molecule has 1 aromatic heterocycles. The summed E-state index contributed by atoms with van der Waals surface area (Å²) in [6.07, 6.45) is 7.27. The van der Waals surface area contributed by atoms with Crippen LogP contribution in [-0.2, 0) is 13.1 Å². The number of amides is 1. The van der Waals surface area contributed by atoms with Gasteiger partial charge in [0.2, 0.25) is 0 Å². The summed E-state index contributed by atoms with van der Waals surface area (Å²) in [6, 6.07) is 19.3. The summed E-state index contributed by atoms with van der Waals surface area (Å²) in [5.74, 6) is 0.0409. The number of aromatic nitrogens is 1. The van der Waals surface area contributed by atoms with E-state index < -0.39 is 0 Å². The number of hydrogen-bond acceptors (Lipinski definition) is 4. The topological polar surface area (TPSA) is 62.5 Å². The van der Waals surface area contributed by atoms with Crippen LogP contribution in [0.1, 0.15) is 60.1 Å². The molecule has 1 unspecified atom stereocenters. The number of unbranched alkanes of at least 4 members (excludes halogenated alkanes) is 1. The summed E-state index contributed by atoms with van der Waals surface area (Å²) in [6.45, 7) is 3.59. The van der Waals surface area contributed by atoms with Gasteiger partial charge >= 0.3 is 0 Å². The molecule has 0 bridgehead atoms. The highest BCUT2D eigenvalue weighted by Crippen LogP contribution is 2.32. The van der Waals surface area contributed by atoms with Crippen molar-refractivity contribution < 1.29 is 4.79 Å². The number of carbonyl (C=O) groups is 1. The lowest BCUT2D eigenvalue weighted by atomic mass is 9.96. The lowest BCUT2D eigenvalue weighted by Crippen LogP contribution is -2.39. The number of benzene rings is 2. The van der Waals surface area contributed by atoms with E-state index in [-0.39, 0.29) is 5.91 Å². The van der Waals surface area contributed by atoms with Crippen molar-refractivity contribution in [2.24, 2.45) is 0 Å². The average Bonchev–Trinajstić information content (AvgIpc) is 3.14. The Hall–Kier alpha value is -2.92. The molecule has 1 fully saturated rings. The zero-order chi connectivity index (χ0) is 21.9. The van der Waals surface area contributed by atoms with Crippen LogP contribution < -0.4 is 5.73 Å². The van der Waals surface area contributed by atoms with Gasteiger partial charge in [-0.25, -0.2) is 4.98 Å². The van der Waals surface area contributed by atoms with Crippen LogP contribution in [0.15, 0.2) is 54.6 Å². The molecule has 0 spiro atoms. The molecular weight excluding hydrogens is 396 g/mol. The number of nitrogen functional groups attached to an aromatic ring is 1. The maximum Gasteiger partial charge on any atom is 0.258 e. The number of likely N-dealkylation sites (tertiary alicyclic amines) is 1. The maximum atomic E-state index is 13.0. The molecule has 2 aliphatic heterocycles. The number of para-hydroxylation sites is 1. The van der Waals surface area contributed by atoms with Crippen LogP contribution in [0, 0.1) is 0 Å². The van der Waals surface area contributed by atoms with E-state index >= 15 is 0 Å². The zero-order valence-corrected chi connectivity index (χ0v) is 18.7. The minimum absolute atomic E-state index is 0.0409. The fraction of sp³-hybridized carbons (Fsp3) is 0.407. The number of carbonyl (C=O) groups excluding carboxylic acids is 1. The Labute approximate surface area is 190 Å². The smallest absolute Gasteiger partial charge is 0.258 e. The summed E-state index contributed by atoms with van der Waals surface area (Å²) in [7, 11) is 0. The lowest BCUT2D eigenvalue weighted by Gasteiger charge is -2.36. The summed E-state index contributed by atoms with van der Waals surface area (Å²) < 4.78 is 0. The predicted molar refractivity (Wildman–Crippen MR) is 129 cm³/mol. The van der Waals surface area contributed by atoms with E-state index in [4.69, 9.17) is 10.7 Å². The van der Waals surface area contributed by atoms with Gasteiger partial charge < -0.3 is 10.6 Å². The predicted octanol–water partition coefficient (Wildman–Crippen LogP) is 5.00. The van der Waals surface area contributed by atoms with E-state index in [0.29, 0.717) is 23.8 Å². The van der Waals surface area contributed by atoms with Gasteiger partial charge in [0.05, 0.1) is 29.0 Å². The Morgan fingerprint density at radius 1 is 1.00 bits per heavy atom. The van der Waals surface area contributed by atoms with Gasteiger partial charge in [0.25, 0.3) is 5.91 Å². The third-order valence-electron chi connectivity index (χ3n) is 7.04. The third kappa shape index (κ3) is 4.22. The molecule has 1 atom stereocenters. The Kier molecular flexibility index (Phi) is 6.08. The summed E-state index contributed by atoms with van der Waals surface area (Å²) >= 11 is 0. The van der Waals surface area contributed by atoms with Crippen molar-refractivity contribution >= 4 is 22.5 Å². The van der Waals surface area contributed by atoms with Crippen molar-refractivity contribution in [3.05, 3.63) is 71.4 Å². The standard InChI is InChI=1S/C27H32N4O/c28-26-22-14-4-5-15-23(22)29-24-19-31(27(32)25(24)26)17-9-7-13-21-12-6-8-16-30(21)18-20-10-2-1-3-11-20/h1-5,10-11,14-15,21H,6-9,12-13,16-19H2,(H2,28,29). The van der Waals surface area contributed by atoms with Gasteiger partial charge in [-0.3, -0.25) is 9.69 Å². The molecule has 0 saturated carbocycles. The number of hydrogen-bond donors (Lipinski definition) is 1. The highest BCUT2D eigenvalue weighted by molar-refractivity contribution is 6.09. The molecule has 2 N–H and O–H groups in total. The van der Waals surface area contributed by atoms with Crippen LogP contribution in [0.2, 0.25) is 0 Å². The van der Waals surface area contributed by atoms with Crippen LogP contribution in [-0.4, -0.2) is 39.8 Å². The monoisotopic (exact) mass is 428 g/mol. The van der Waals surface area contributed by atoms with E-state index in [0.717, 1.165) is 42.5 Å². The largest absolute Gasteiger partial charge is 0.397 e. The van der Waals surface area contributed by atoms with Crippen molar-refractivity contribution in [3.8, 4) is 0 Å². The molecule has 5 nitrogen and oxygen atoms in total. The molecule has 3 heterocycles. The first-order chi connectivity index (χ1) is 15.7. The minimum atomic E-state index is 0.0409. The van der Waals surface area contributed by atoms with Crippen molar-refractivity contribution in [1.29, 1.82) is 0 Å². The van der Waals surface area contributed by atoms with Crippen LogP contribution in [0.4, 0.5) is 5.69 Å². The fourth-order valence-electron chi connectivity index (χ4n) is 5.33. The van der Waals surface area contributed by atoms with E-state index in [1.165, 1.54) is 37.8 Å².